The van der Waals surface area contributed by atoms with Gasteiger partial charge in [0.15, 0.2) is 0 Å². The fraction of sp³-hybridized carbons (Fsp3) is 0.316. The molecule has 2 heterocycles. The molecule has 0 spiro atoms. The minimum Gasteiger partial charge on any atom is -0.347 e. The highest BCUT2D eigenvalue weighted by molar-refractivity contribution is 5.85. The van der Waals surface area contributed by atoms with Crippen LogP contribution in [0.15, 0.2) is 30.5 Å². The Morgan fingerprint density at radius 2 is 1.75 bits per heavy atom. The minimum atomic E-state index is -4.33. The van der Waals surface area contributed by atoms with Gasteiger partial charge in [-0.2, -0.15) is 13.2 Å². The average Bonchev–Trinajstić information content (AvgIpc) is 2.80. The summed E-state index contributed by atoms with van der Waals surface area (Å²) in [6, 6.07) is 6.39. The molecule has 0 N–H and O–H groups in total. The van der Waals surface area contributed by atoms with Crippen LogP contribution in [-0.2, 0) is 19.6 Å². The molecule has 2 nitrogen and oxygen atoms in total. The summed E-state index contributed by atoms with van der Waals surface area (Å²) in [5.41, 5.74) is 4.84. The molecule has 0 fully saturated rings. The number of pyridine rings is 1. The first kappa shape index (κ1) is 16.6. The van der Waals surface area contributed by atoms with Crippen LogP contribution in [0, 0.1) is 20.8 Å². The molecule has 24 heavy (non-hydrogen) atoms. The number of halogens is 3. The molecule has 126 valence electrons. The van der Waals surface area contributed by atoms with Crippen molar-refractivity contribution in [3.8, 4) is 0 Å². The number of hydrogen-bond donors (Lipinski definition) is 0. The maximum Gasteiger partial charge on any atom is 0.416 e. The summed E-state index contributed by atoms with van der Waals surface area (Å²) in [6.45, 7) is 5.71. The van der Waals surface area contributed by atoms with Gasteiger partial charge in [-0.05, 0) is 61.7 Å². The third-order valence-electron chi connectivity index (χ3n) is 4.66. The Morgan fingerprint density at radius 3 is 2.38 bits per heavy atom. The zero-order valence-corrected chi connectivity index (χ0v) is 14.1. The number of hydrogen-bond acceptors (Lipinski definition) is 1. The zero-order valence-electron chi connectivity index (χ0n) is 14.1. The maximum absolute atomic E-state index is 13.1. The van der Waals surface area contributed by atoms with E-state index in [2.05, 4.69) is 4.98 Å². The fourth-order valence-corrected chi connectivity index (χ4v) is 3.17. The summed E-state index contributed by atoms with van der Waals surface area (Å²) in [6.07, 6.45) is -1.91. The Balaban J connectivity index is 2.14. The second-order valence-corrected chi connectivity index (χ2v) is 6.29. The number of alkyl halides is 3. The van der Waals surface area contributed by atoms with E-state index in [0.717, 1.165) is 27.9 Å². The fourth-order valence-electron chi connectivity index (χ4n) is 3.17. The Bertz CT molecular complexity index is 900. The van der Waals surface area contributed by atoms with Gasteiger partial charge in [-0.1, -0.05) is 0 Å². The van der Waals surface area contributed by atoms with Gasteiger partial charge in [-0.3, -0.25) is 4.98 Å². The van der Waals surface area contributed by atoms with Gasteiger partial charge in [-0.25, -0.2) is 0 Å². The molecule has 0 aliphatic carbocycles. The Morgan fingerprint density at radius 1 is 1.04 bits per heavy atom. The normalized spacial score (nSPS) is 12.1. The van der Waals surface area contributed by atoms with Crippen LogP contribution >= 0.6 is 0 Å². The number of fused-ring (bicyclic) bond motifs is 1. The monoisotopic (exact) mass is 332 g/mol. The van der Waals surface area contributed by atoms with Crippen molar-refractivity contribution in [1.29, 1.82) is 0 Å². The molecular formula is C19H19F3N2. The SMILES string of the molecule is Cc1ccnc(C)c1Cc1cc2c(C)cc(C(F)(F)F)cc2n1C. The molecule has 0 atom stereocenters. The molecule has 0 radical (unpaired) electrons. The van der Waals surface area contributed by atoms with Crippen molar-refractivity contribution >= 4 is 10.9 Å². The lowest BCUT2D eigenvalue weighted by atomic mass is 10.0. The van der Waals surface area contributed by atoms with Crippen LogP contribution in [0.1, 0.15) is 33.6 Å². The van der Waals surface area contributed by atoms with Gasteiger partial charge in [0.25, 0.3) is 0 Å². The molecule has 3 rings (SSSR count). The predicted molar refractivity (Wildman–Crippen MR) is 89.2 cm³/mol. The summed E-state index contributed by atoms with van der Waals surface area (Å²) in [7, 11) is 1.82. The molecule has 0 saturated heterocycles. The standard InChI is InChI=1S/C19H19F3N2/c1-11-5-6-23-13(3)16(11)9-15-10-17-12(2)7-14(19(20,21)22)8-18(17)24(15)4/h5-8,10H,9H2,1-4H3. The maximum atomic E-state index is 13.1. The number of rotatable bonds is 2. The lowest BCUT2D eigenvalue weighted by Crippen LogP contribution is -2.06. The quantitative estimate of drug-likeness (QED) is 0.638. The van der Waals surface area contributed by atoms with Gasteiger partial charge in [0.05, 0.1) is 5.56 Å². The summed E-state index contributed by atoms with van der Waals surface area (Å²) < 4.78 is 41.1. The summed E-state index contributed by atoms with van der Waals surface area (Å²) in [5.74, 6) is 0. The molecule has 1 aromatic carbocycles. The number of benzene rings is 1. The Labute approximate surface area is 138 Å². The smallest absolute Gasteiger partial charge is 0.347 e. The van der Waals surface area contributed by atoms with Gasteiger partial charge in [0.2, 0.25) is 0 Å². The summed E-state index contributed by atoms with van der Waals surface area (Å²) >= 11 is 0. The first-order valence-corrected chi connectivity index (χ1v) is 7.75. The molecule has 0 aliphatic rings. The molecule has 0 unspecified atom stereocenters. The van der Waals surface area contributed by atoms with Gasteiger partial charge in [0.1, 0.15) is 0 Å². The lowest BCUT2D eigenvalue weighted by Gasteiger charge is -2.11. The predicted octanol–water partition coefficient (Wildman–Crippen LogP) is 5.11. The van der Waals surface area contributed by atoms with E-state index in [1.807, 2.05) is 37.6 Å². The van der Waals surface area contributed by atoms with Crippen molar-refractivity contribution < 1.29 is 13.2 Å². The topological polar surface area (TPSA) is 17.8 Å². The highest BCUT2D eigenvalue weighted by atomic mass is 19.4. The third-order valence-corrected chi connectivity index (χ3v) is 4.66. The molecule has 2 aromatic heterocycles. The molecule has 0 bridgehead atoms. The van der Waals surface area contributed by atoms with E-state index >= 15 is 0 Å². The van der Waals surface area contributed by atoms with Gasteiger partial charge >= 0.3 is 6.18 Å². The average molecular weight is 332 g/mol. The van der Waals surface area contributed by atoms with Crippen LogP contribution in [0.25, 0.3) is 10.9 Å². The summed E-state index contributed by atoms with van der Waals surface area (Å²) in [5, 5.41) is 0.861. The van der Waals surface area contributed by atoms with Crippen molar-refractivity contribution in [3.05, 3.63) is 64.1 Å². The van der Waals surface area contributed by atoms with E-state index in [1.54, 1.807) is 13.1 Å². The molecule has 5 heteroatoms. The van der Waals surface area contributed by atoms with Crippen molar-refractivity contribution in [2.45, 2.75) is 33.4 Å². The van der Waals surface area contributed by atoms with Gasteiger partial charge < -0.3 is 4.57 Å². The second kappa shape index (κ2) is 5.65. The van der Waals surface area contributed by atoms with Crippen LogP contribution in [0.5, 0.6) is 0 Å². The minimum absolute atomic E-state index is 0.603. The molecular weight excluding hydrogens is 313 g/mol. The van der Waals surface area contributed by atoms with E-state index in [0.29, 0.717) is 17.5 Å². The van der Waals surface area contributed by atoms with Crippen molar-refractivity contribution in [3.63, 3.8) is 0 Å². The number of nitrogens with zero attached hydrogens (tertiary/aromatic N) is 2. The van der Waals surface area contributed by atoms with Crippen LogP contribution in [0.2, 0.25) is 0 Å². The number of aromatic nitrogens is 2. The third kappa shape index (κ3) is 2.79. The lowest BCUT2D eigenvalue weighted by molar-refractivity contribution is -0.137. The van der Waals surface area contributed by atoms with E-state index in [4.69, 9.17) is 0 Å². The molecule has 0 saturated carbocycles. The van der Waals surface area contributed by atoms with Gasteiger partial charge in [-0.15, -0.1) is 0 Å². The zero-order chi connectivity index (χ0) is 17.6. The Kier molecular flexibility index (Phi) is 3.90. The van der Waals surface area contributed by atoms with E-state index in [-0.39, 0.29) is 0 Å². The highest BCUT2D eigenvalue weighted by Crippen LogP contribution is 2.34. The van der Waals surface area contributed by atoms with Crippen LogP contribution in [-0.4, -0.2) is 9.55 Å². The summed E-state index contributed by atoms with van der Waals surface area (Å²) in [4.78, 5) is 4.33. The Hall–Kier alpha value is -2.30. The van der Waals surface area contributed by atoms with Crippen molar-refractivity contribution in [2.24, 2.45) is 7.05 Å². The largest absolute Gasteiger partial charge is 0.416 e. The first-order chi connectivity index (χ1) is 11.2. The van der Waals surface area contributed by atoms with Crippen LogP contribution < -0.4 is 0 Å². The highest BCUT2D eigenvalue weighted by Gasteiger charge is 2.31. The van der Waals surface area contributed by atoms with Crippen molar-refractivity contribution in [2.75, 3.05) is 0 Å². The second-order valence-electron chi connectivity index (χ2n) is 6.29. The number of aryl methyl sites for hydroxylation is 4. The molecule has 0 amide bonds. The molecule has 3 aromatic rings. The van der Waals surface area contributed by atoms with E-state index in [9.17, 15) is 13.2 Å². The van der Waals surface area contributed by atoms with E-state index < -0.39 is 11.7 Å². The van der Waals surface area contributed by atoms with Crippen LogP contribution in [0.4, 0.5) is 13.2 Å². The van der Waals surface area contributed by atoms with E-state index in [1.165, 1.54) is 12.1 Å². The molecule has 0 aliphatic heterocycles. The first-order valence-electron chi connectivity index (χ1n) is 7.75. The van der Waals surface area contributed by atoms with Crippen LogP contribution in [0.3, 0.4) is 0 Å². The van der Waals surface area contributed by atoms with Crippen molar-refractivity contribution in [1.82, 2.24) is 9.55 Å². The van der Waals surface area contributed by atoms with Gasteiger partial charge in [0, 0.05) is 42.0 Å².